The number of nitrogens with one attached hydrogen (secondary N) is 3. The Hall–Kier alpha value is -3.15. The van der Waals surface area contributed by atoms with E-state index in [4.69, 9.17) is 5.73 Å². The van der Waals surface area contributed by atoms with Crippen LogP contribution < -0.4 is 21.7 Å². The lowest BCUT2D eigenvalue weighted by Crippen LogP contribution is -2.53. The molecule has 12 heteroatoms. The van der Waals surface area contributed by atoms with Crippen molar-refractivity contribution >= 4 is 41.1 Å². The first-order valence-electron chi connectivity index (χ1n) is 9.22. The molecular formula is C18H23N5O6S. The number of carbonyl (C=O) groups is 4. The Morgan fingerprint density at radius 1 is 1.33 bits per heavy atom. The molecule has 1 aliphatic rings. The van der Waals surface area contributed by atoms with Crippen LogP contribution in [0, 0.1) is 16.0 Å². The van der Waals surface area contributed by atoms with Crippen molar-refractivity contribution in [3.8, 4) is 0 Å². The smallest absolute Gasteiger partial charge is 0.270 e. The number of nitrogens with two attached hydrogens (primary N) is 1. The normalized spacial score (nSPS) is 21.5. The van der Waals surface area contributed by atoms with Crippen LogP contribution in [0.15, 0.2) is 23.1 Å². The van der Waals surface area contributed by atoms with Crippen LogP contribution in [0.5, 0.6) is 0 Å². The molecule has 3 unspecified atom stereocenters. The number of nitrogens with zero attached hydrogens (tertiary/aromatic N) is 1. The number of amides is 4. The lowest BCUT2D eigenvalue weighted by Gasteiger charge is -2.23. The van der Waals surface area contributed by atoms with E-state index in [0.29, 0.717) is 11.3 Å². The van der Waals surface area contributed by atoms with Gasteiger partial charge in [-0.25, -0.2) is 0 Å². The van der Waals surface area contributed by atoms with Gasteiger partial charge in [-0.3, -0.25) is 29.3 Å². The molecule has 5 N–H and O–H groups in total. The molecule has 0 spiro atoms. The minimum atomic E-state index is -1.06. The maximum atomic E-state index is 12.9. The van der Waals surface area contributed by atoms with E-state index in [9.17, 15) is 29.3 Å². The second-order valence-corrected chi connectivity index (χ2v) is 7.89. The molecule has 2 rings (SSSR count). The summed E-state index contributed by atoms with van der Waals surface area (Å²) < 4.78 is 0. The highest BCUT2D eigenvalue weighted by Gasteiger charge is 2.29. The maximum Gasteiger partial charge on any atom is 0.270 e. The molecule has 0 fully saturated rings. The standard InChI is InChI=1S/C18H23N5O6S/c1-3-9(2)15-18(27)20-7-14(24)21-12(16(19)25)8-30-13-5-4-10(23(28)29)6-11(13)17(26)22-15/h4-6,9,12,15H,3,7-8H2,1-2H3,(H2,19,25)(H,20,27)(H,21,24)(H,22,26). The van der Waals surface area contributed by atoms with Gasteiger partial charge in [0.05, 0.1) is 17.0 Å². The van der Waals surface area contributed by atoms with Crippen molar-refractivity contribution in [1.29, 1.82) is 0 Å². The third-order valence-electron chi connectivity index (χ3n) is 4.71. The molecule has 11 nitrogen and oxygen atoms in total. The Morgan fingerprint density at radius 2 is 2.03 bits per heavy atom. The molecule has 4 amide bonds. The number of hydrogen-bond acceptors (Lipinski definition) is 7. The number of thioether (sulfide) groups is 1. The zero-order valence-electron chi connectivity index (χ0n) is 16.5. The predicted molar refractivity (Wildman–Crippen MR) is 109 cm³/mol. The van der Waals surface area contributed by atoms with E-state index in [1.807, 2.05) is 6.92 Å². The summed E-state index contributed by atoms with van der Waals surface area (Å²) >= 11 is 1.04. The first-order chi connectivity index (χ1) is 14.1. The molecule has 0 saturated carbocycles. The van der Waals surface area contributed by atoms with Gasteiger partial charge in [-0.05, 0) is 12.0 Å². The van der Waals surface area contributed by atoms with Crippen molar-refractivity contribution in [1.82, 2.24) is 16.0 Å². The molecule has 1 aromatic rings. The summed E-state index contributed by atoms with van der Waals surface area (Å²) in [7, 11) is 0. The van der Waals surface area contributed by atoms with Crippen LogP contribution in [-0.4, -0.2) is 52.9 Å². The molecule has 30 heavy (non-hydrogen) atoms. The zero-order valence-corrected chi connectivity index (χ0v) is 17.3. The second-order valence-electron chi connectivity index (χ2n) is 6.83. The molecule has 1 aliphatic heterocycles. The van der Waals surface area contributed by atoms with E-state index in [2.05, 4.69) is 16.0 Å². The Bertz CT molecular complexity index is 877. The average molecular weight is 437 g/mol. The van der Waals surface area contributed by atoms with Crippen molar-refractivity contribution in [2.75, 3.05) is 12.3 Å². The summed E-state index contributed by atoms with van der Waals surface area (Å²) in [4.78, 5) is 60.2. The molecule has 1 aromatic carbocycles. The van der Waals surface area contributed by atoms with Crippen molar-refractivity contribution < 1.29 is 24.1 Å². The SMILES string of the molecule is CCC(C)C1NC(=O)c2cc([N+](=O)[O-])ccc2SCC(C(N)=O)NC(=O)CNC1=O. The average Bonchev–Trinajstić information content (AvgIpc) is 2.72. The van der Waals surface area contributed by atoms with Gasteiger partial charge in [0.2, 0.25) is 17.7 Å². The number of rotatable bonds is 4. The minimum Gasteiger partial charge on any atom is -0.368 e. The van der Waals surface area contributed by atoms with Crippen LogP contribution in [-0.2, 0) is 14.4 Å². The van der Waals surface area contributed by atoms with Crippen molar-refractivity contribution in [2.24, 2.45) is 11.7 Å². The van der Waals surface area contributed by atoms with Crippen LogP contribution in [0.2, 0.25) is 0 Å². The number of fused-ring (bicyclic) bond motifs is 1. The quantitative estimate of drug-likeness (QED) is 0.377. The van der Waals surface area contributed by atoms with Crippen molar-refractivity contribution in [3.63, 3.8) is 0 Å². The molecular weight excluding hydrogens is 414 g/mol. The molecule has 3 atom stereocenters. The number of primary amides is 1. The van der Waals surface area contributed by atoms with Crippen molar-refractivity contribution in [3.05, 3.63) is 33.9 Å². The second kappa shape index (κ2) is 10.1. The molecule has 1 heterocycles. The fourth-order valence-electron chi connectivity index (χ4n) is 2.75. The maximum absolute atomic E-state index is 12.9. The Labute approximate surface area is 176 Å². The van der Waals surface area contributed by atoms with Crippen LogP contribution in [0.25, 0.3) is 0 Å². The van der Waals surface area contributed by atoms with Crippen LogP contribution in [0.1, 0.15) is 30.6 Å². The lowest BCUT2D eigenvalue weighted by molar-refractivity contribution is -0.384. The molecule has 0 radical (unpaired) electrons. The zero-order chi connectivity index (χ0) is 22.4. The molecule has 0 bridgehead atoms. The summed E-state index contributed by atoms with van der Waals surface area (Å²) in [5, 5.41) is 18.7. The fraction of sp³-hybridized carbons (Fsp3) is 0.444. The van der Waals surface area contributed by atoms with Gasteiger partial charge in [-0.15, -0.1) is 11.8 Å². The first kappa shape index (κ1) is 23.1. The highest BCUT2D eigenvalue weighted by atomic mass is 32.2. The predicted octanol–water partition coefficient (Wildman–Crippen LogP) is -0.0687. The molecule has 0 aliphatic carbocycles. The minimum absolute atomic E-state index is 0.00189. The Balaban J connectivity index is 2.50. The number of nitro groups is 1. The van der Waals surface area contributed by atoms with E-state index in [0.717, 1.165) is 17.8 Å². The van der Waals surface area contributed by atoms with Gasteiger partial charge in [-0.2, -0.15) is 0 Å². The summed E-state index contributed by atoms with van der Waals surface area (Å²) in [6.07, 6.45) is 0.560. The van der Waals surface area contributed by atoms with Gasteiger partial charge in [-0.1, -0.05) is 20.3 Å². The number of benzene rings is 1. The van der Waals surface area contributed by atoms with Gasteiger partial charge in [0.15, 0.2) is 0 Å². The van der Waals surface area contributed by atoms with Crippen LogP contribution in [0.3, 0.4) is 0 Å². The van der Waals surface area contributed by atoms with Crippen LogP contribution in [0.4, 0.5) is 5.69 Å². The number of non-ortho nitro benzene ring substituents is 1. The summed E-state index contributed by atoms with van der Waals surface area (Å²) in [6, 6.07) is 1.71. The number of nitro benzene ring substituents is 1. The molecule has 162 valence electrons. The largest absolute Gasteiger partial charge is 0.368 e. The highest BCUT2D eigenvalue weighted by molar-refractivity contribution is 7.99. The third-order valence-corrected chi connectivity index (χ3v) is 5.87. The summed E-state index contributed by atoms with van der Waals surface area (Å²) in [5.41, 5.74) is 5.03. The van der Waals surface area contributed by atoms with E-state index in [-0.39, 0.29) is 22.9 Å². The molecule has 0 saturated heterocycles. The van der Waals surface area contributed by atoms with Gasteiger partial charge < -0.3 is 21.7 Å². The van der Waals surface area contributed by atoms with Gasteiger partial charge >= 0.3 is 0 Å². The van der Waals surface area contributed by atoms with E-state index in [1.165, 1.54) is 12.1 Å². The summed E-state index contributed by atoms with van der Waals surface area (Å²) in [6.45, 7) is 3.20. The van der Waals surface area contributed by atoms with E-state index >= 15 is 0 Å². The summed E-state index contributed by atoms with van der Waals surface area (Å²) in [5.74, 6) is -2.91. The highest BCUT2D eigenvalue weighted by Crippen LogP contribution is 2.28. The van der Waals surface area contributed by atoms with Gasteiger partial charge in [0, 0.05) is 22.8 Å². The Morgan fingerprint density at radius 3 is 2.63 bits per heavy atom. The number of hydrogen-bond donors (Lipinski definition) is 4. The monoisotopic (exact) mass is 437 g/mol. The van der Waals surface area contributed by atoms with E-state index in [1.54, 1.807) is 6.92 Å². The Kier molecular flexibility index (Phi) is 7.75. The van der Waals surface area contributed by atoms with E-state index < -0.39 is 47.2 Å². The van der Waals surface area contributed by atoms with Gasteiger partial charge in [0.1, 0.15) is 12.1 Å². The lowest BCUT2D eigenvalue weighted by atomic mass is 9.97. The van der Waals surface area contributed by atoms with Crippen molar-refractivity contribution in [2.45, 2.75) is 37.2 Å². The number of carbonyl (C=O) groups excluding carboxylic acids is 4. The topological polar surface area (TPSA) is 174 Å². The fourth-order valence-corrected chi connectivity index (χ4v) is 3.81. The molecule has 0 aromatic heterocycles. The van der Waals surface area contributed by atoms with Crippen LogP contribution >= 0.6 is 11.8 Å². The first-order valence-corrected chi connectivity index (χ1v) is 10.2. The third kappa shape index (κ3) is 5.69. The van der Waals surface area contributed by atoms with Gasteiger partial charge in [0.25, 0.3) is 11.6 Å².